The molecule has 0 fully saturated rings. The maximum atomic E-state index is 12.8. The summed E-state index contributed by atoms with van der Waals surface area (Å²) in [6, 6.07) is 2.51. The van der Waals surface area contributed by atoms with Crippen molar-refractivity contribution in [3.8, 4) is 12.1 Å². The molecule has 0 aliphatic carbocycles. The van der Waals surface area contributed by atoms with E-state index in [4.69, 9.17) is 0 Å². The Morgan fingerprint density at radius 1 is 0.759 bits per heavy atom. The molecule has 0 saturated carbocycles. The molecule has 0 heterocycles. The van der Waals surface area contributed by atoms with Gasteiger partial charge in [-0.25, -0.2) is 26.3 Å². The van der Waals surface area contributed by atoms with Crippen LogP contribution in [0.25, 0.3) is 0 Å². The molecule has 0 saturated heterocycles. The number of nitrogens with zero attached hydrogens (tertiary/aromatic N) is 2. The van der Waals surface area contributed by atoms with Crippen LogP contribution in [0.4, 0.5) is 0 Å². The zero-order valence-corrected chi connectivity index (χ0v) is 19.7. The quantitative estimate of drug-likeness (QED) is 0.372. The third-order valence-corrected chi connectivity index (χ3v) is 9.55. The van der Waals surface area contributed by atoms with Crippen LogP contribution in [-0.2, 0) is 20.0 Å². The van der Waals surface area contributed by atoms with Gasteiger partial charge in [0.2, 0.25) is 0 Å². The first-order valence-corrected chi connectivity index (χ1v) is 13.4. The summed E-state index contributed by atoms with van der Waals surface area (Å²) >= 11 is 0. The number of hydrogen-bond donors (Lipinski definition) is 2. The predicted octanol–water partition coefficient (Wildman–Crippen LogP) is 3.00. The second-order valence-electron chi connectivity index (χ2n) is 7.38. The first-order chi connectivity index (χ1) is 13.6. The van der Waals surface area contributed by atoms with Crippen LogP contribution in [0, 0.1) is 34.5 Å². The molecular weight excluding hydrogens is 412 g/mol. The topological polar surface area (TPSA) is 140 Å². The van der Waals surface area contributed by atoms with Crippen molar-refractivity contribution in [1.82, 2.24) is 9.44 Å². The van der Waals surface area contributed by atoms with E-state index in [-0.39, 0.29) is 24.9 Å². The van der Waals surface area contributed by atoms with Crippen molar-refractivity contribution in [2.24, 2.45) is 11.8 Å². The predicted molar refractivity (Wildman–Crippen MR) is 114 cm³/mol. The second kappa shape index (κ2) is 13.2. The molecule has 0 aromatic heterocycles. The third-order valence-electron chi connectivity index (χ3n) is 5.26. The monoisotopic (exact) mass is 448 g/mol. The number of rotatable bonds is 16. The highest BCUT2D eigenvalue weighted by molar-refractivity contribution is 8.09. The Labute approximate surface area is 177 Å². The Hall–Kier alpha value is -1.20. The summed E-state index contributed by atoms with van der Waals surface area (Å²) in [5.74, 6) is 0.0166. The van der Waals surface area contributed by atoms with Gasteiger partial charge in [-0.15, -0.1) is 0 Å². The van der Waals surface area contributed by atoms with Crippen molar-refractivity contribution in [2.45, 2.75) is 83.1 Å². The summed E-state index contributed by atoms with van der Waals surface area (Å²) < 4.78 is 52.3. The molecule has 0 aromatic rings. The van der Waals surface area contributed by atoms with E-state index in [0.717, 1.165) is 38.5 Å². The average Bonchev–Trinajstić information content (AvgIpc) is 2.69. The molecule has 0 rings (SSSR count). The van der Waals surface area contributed by atoms with Gasteiger partial charge in [-0.2, -0.15) is 10.5 Å². The summed E-state index contributed by atoms with van der Waals surface area (Å²) in [4.78, 5) is 0. The lowest BCUT2D eigenvalue weighted by Crippen LogP contribution is -2.55. The summed E-state index contributed by atoms with van der Waals surface area (Å²) in [6.45, 7) is 7.86. The van der Waals surface area contributed by atoms with Gasteiger partial charge >= 0.3 is 4.08 Å². The lowest BCUT2D eigenvalue weighted by Gasteiger charge is -2.23. The van der Waals surface area contributed by atoms with Crippen LogP contribution in [0.5, 0.6) is 0 Å². The minimum absolute atomic E-state index is 0.00640. The molecule has 0 aliphatic rings. The Bertz CT molecular complexity index is 701. The Morgan fingerprint density at radius 3 is 1.34 bits per heavy atom. The summed E-state index contributed by atoms with van der Waals surface area (Å²) in [7, 11) is -9.53. The number of hydrogen-bond acceptors (Lipinski definition) is 6. The lowest BCUT2D eigenvalue weighted by atomic mass is 10.00. The molecule has 2 unspecified atom stereocenters. The van der Waals surface area contributed by atoms with E-state index in [1.54, 1.807) is 0 Å². The maximum Gasteiger partial charge on any atom is 0.368 e. The normalized spacial score (nSPS) is 14.7. The van der Waals surface area contributed by atoms with Gasteiger partial charge in [0.1, 0.15) is 12.1 Å². The molecule has 168 valence electrons. The SMILES string of the molecule is CCCCC(CC)CNS(=O)(=O)C(C#N)(C#N)S(=O)(=O)NCC(CC)CCCC. The van der Waals surface area contributed by atoms with Crippen LogP contribution in [0.1, 0.15) is 79.1 Å². The van der Waals surface area contributed by atoms with Crippen molar-refractivity contribution < 1.29 is 16.8 Å². The van der Waals surface area contributed by atoms with Gasteiger partial charge in [0.15, 0.2) is 0 Å². The van der Waals surface area contributed by atoms with Crippen molar-refractivity contribution in [3.63, 3.8) is 0 Å². The highest BCUT2D eigenvalue weighted by atomic mass is 32.3. The Kier molecular flexibility index (Phi) is 12.6. The zero-order chi connectivity index (χ0) is 22.6. The second-order valence-corrected chi connectivity index (χ2v) is 11.5. The maximum absolute atomic E-state index is 12.8. The fourth-order valence-electron chi connectivity index (χ4n) is 2.95. The Balaban J connectivity index is 5.54. The van der Waals surface area contributed by atoms with E-state index in [1.165, 1.54) is 12.1 Å². The highest BCUT2D eigenvalue weighted by Gasteiger charge is 2.57. The van der Waals surface area contributed by atoms with Gasteiger partial charge in [0.05, 0.1) is 0 Å². The number of sulfonamides is 2. The van der Waals surface area contributed by atoms with Gasteiger partial charge in [0.25, 0.3) is 20.0 Å². The van der Waals surface area contributed by atoms with Crippen LogP contribution >= 0.6 is 0 Å². The fourth-order valence-corrected chi connectivity index (χ4v) is 6.26. The molecule has 2 atom stereocenters. The summed E-state index contributed by atoms with van der Waals surface area (Å²) in [5, 5.41) is 18.9. The van der Waals surface area contributed by atoms with Crippen LogP contribution < -0.4 is 9.44 Å². The lowest BCUT2D eigenvalue weighted by molar-refractivity contribution is 0.440. The van der Waals surface area contributed by atoms with E-state index in [0.29, 0.717) is 12.8 Å². The average molecular weight is 449 g/mol. The molecule has 29 heavy (non-hydrogen) atoms. The van der Waals surface area contributed by atoms with Crippen LogP contribution in [0.2, 0.25) is 0 Å². The summed E-state index contributed by atoms with van der Waals surface area (Å²) in [6.07, 6.45) is 6.71. The van der Waals surface area contributed by atoms with Crippen LogP contribution in [0.3, 0.4) is 0 Å². The number of unbranched alkanes of at least 4 members (excludes halogenated alkanes) is 2. The van der Waals surface area contributed by atoms with Gasteiger partial charge < -0.3 is 0 Å². The minimum atomic E-state index is -4.77. The number of nitriles is 2. The fraction of sp³-hybridized carbons (Fsp3) is 0.895. The minimum Gasteiger partial charge on any atom is -0.212 e. The Morgan fingerprint density at radius 2 is 1.10 bits per heavy atom. The van der Waals surface area contributed by atoms with Gasteiger partial charge in [-0.3, -0.25) is 0 Å². The molecule has 10 heteroatoms. The molecule has 8 nitrogen and oxygen atoms in total. The molecule has 0 aromatic carbocycles. The molecule has 0 bridgehead atoms. The van der Waals surface area contributed by atoms with Crippen molar-refractivity contribution in [3.05, 3.63) is 0 Å². The third kappa shape index (κ3) is 7.53. The number of nitrogens with one attached hydrogen (secondary N) is 2. The van der Waals surface area contributed by atoms with Gasteiger partial charge in [0, 0.05) is 13.1 Å². The van der Waals surface area contributed by atoms with Crippen LogP contribution in [-0.4, -0.2) is 34.0 Å². The zero-order valence-electron chi connectivity index (χ0n) is 18.1. The van der Waals surface area contributed by atoms with E-state index < -0.39 is 24.1 Å². The molecule has 0 radical (unpaired) electrons. The van der Waals surface area contributed by atoms with E-state index >= 15 is 0 Å². The van der Waals surface area contributed by atoms with Crippen molar-refractivity contribution >= 4 is 20.0 Å². The van der Waals surface area contributed by atoms with E-state index in [1.807, 2.05) is 27.7 Å². The summed E-state index contributed by atoms with van der Waals surface area (Å²) in [5.41, 5.74) is 0. The van der Waals surface area contributed by atoms with E-state index in [9.17, 15) is 27.4 Å². The largest absolute Gasteiger partial charge is 0.368 e. The van der Waals surface area contributed by atoms with Gasteiger partial charge in [-0.1, -0.05) is 66.2 Å². The van der Waals surface area contributed by atoms with Gasteiger partial charge in [-0.05, 0) is 24.7 Å². The molecule has 2 N–H and O–H groups in total. The van der Waals surface area contributed by atoms with E-state index in [2.05, 4.69) is 9.44 Å². The standard InChI is InChI=1S/C19H36N4O4S2/c1-5-9-11-17(7-3)13-22-28(24,25)19(15-20,16-21)29(26,27)23-14-18(8-4)12-10-6-2/h17-18,22-23H,5-14H2,1-4H3. The highest BCUT2D eigenvalue weighted by Crippen LogP contribution is 2.24. The smallest absolute Gasteiger partial charge is 0.212 e. The molecule has 0 amide bonds. The first-order valence-electron chi connectivity index (χ1n) is 10.4. The van der Waals surface area contributed by atoms with Crippen LogP contribution in [0.15, 0.2) is 0 Å². The van der Waals surface area contributed by atoms with Crippen molar-refractivity contribution in [1.29, 1.82) is 10.5 Å². The molecule has 0 spiro atoms. The molecular formula is C19H36N4O4S2. The first kappa shape index (κ1) is 27.8. The van der Waals surface area contributed by atoms with Crippen molar-refractivity contribution in [2.75, 3.05) is 13.1 Å². The molecule has 0 aliphatic heterocycles.